The Morgan fingerprint density at radius 3 is 2.00 bits per heavy atom. The highest BCUT2D eigenvalue weighted by Crippen LogP contribution is 2.32. The molecule has 190 valence electrons. The van der Waals surface area contributed by atoms with Gasteiger partial charge in [-0.3, -0.25) is 19.3 Å². The van der Waals surface area contributed by atoms with Gasteiger partial charge in [0.2, 0.25) is 0 Å². The number of carbonyl (C=O) groups is 4. The maximum atomic E-state index is 12.8. The molecule has 0 bridgehead atoms. The van der Waals surface area contributed by atoms with E-state index in [1.807, 2.05) is 24.3 Å². The van der Waals surface area contributed by atoms with Crippen molar-refractivity contribution in [2.45, 2.75) is 64.6 Å². The minimum absolute atomic E-state index is 0.0389. The van der Waals surface area contributed by atoms with Gasteiger partial charge in [-0.25, -0.2) is 4.79 Å². The number of fused-ring (bicyclic) bond motifs is 1. The number of benzene rings is 2. The second kappa shape index (κ2) is 10.1. The van der Waals surface area contributed by atoms with Crippen LogP contribution in [0.2, 0.25) is 0 Å². The molecule has 8 nitrogen and oxygen atoms in total. The van der Waals surface area contributed by atoms with Crippen molar-refractivity contribution in [2.24, 2.45) is 5.41 Å². The highest BCUT2D eigenvalue weighted by atomic mass is 16.4. The fourth-order valence-electron chi connectivity index (χ4n) is 5.07. The molecule has 4 amide bonds. The summed E-state index contributed by atoms with van der Waals surface area (Å²) in [5.41, 5.74) is 1.98. The molecule has 36 heavy (non-hydrogen) atoms. The summed E-state index contributed by atoms with van der Waals surface area (Å²) in [7, 11) is 1.78. The number of nitrogens with zero attached hydrogens (tertiary/aromatic N) is 2. The van der Waals surface area contributed by atoms with Crippen LogP contribution < -0.4 is 5.32 Å². The van der Waals surface area contributed by atoms with E-state index in [0.29, 0.717) is 36.9 Å². The molecule has 0 unspecified atom stereocenters. The highest BCUT2D eigenvalue weighted by Gasteiger charge is 2.41. The first-order chi connectivity index (χ1) is 17.1. The van der Waals surface area contributed by atoms with Crippen LogP contribution in [0.3, 0.4) is 0 Å². The molecule has 2 N–H and O–H groups in total. The molecule has 0 aromatic heterocycles. The van der Waals surface area contributed by atoms with E-state index < -0.39 is 11.4 Å². The lowest BCUT2D eigenvalue weighted by Crippen LogP contribution is -2.48. The quantitative estimate of drug-likeness (QED) is 0.568. The number of carboxylic acid groups (broad SMARTS) is 1. The van der Waals surface area contributed by atoms with Crippen LogP contribution >= 0.6 is 0 Å². The Kier molecular flexibility index (Phi) is 7.15. The molecule has 1 fully saturated rings. The van der Waals surface area contributed by atoms with Gasteiger partial charge >= 0.3 is 12.0 Å². The third-order valence-corrected chi connectivity index (χ3v) is 7.42. The summed E-state index contributed by atoms with van der Waals surface area (Å²) in [5.74, 6) is -1.27. The first-order valence-electron chi connectivity index (χ1n) is 12.4. The van der Waals surface area contributed by atoms with Gasteiger partial charge in [0.1, 0.15) is 0 Å². The molecular weight excluding hydrogens is 458 g/mol. The van der Waals surface area contributed by atoms with Crippen LogP contribution in [-0.4, -0.2) is 57.9 Å². The van der Waals surface area contributed by atoms with Crippen molar-refractivity contribution < 1.29 is 24.3 Å². The zero-order valence-electron chi connectivity index (χ0n) is 21.0. The van der Waals surface area contributed by atoms with Gasteiger partial charge in [-0.1, -0.05) is 36.4 Å². The Morgan fingerprint density at radius 1 is 0.944 bits per heavy atom. The molecule has 1 saturated carbocycles. The smallest absolute Gasteiger partial charge is 0.317 e. The molecule has 0 spiro atoms. The fourth-order valence-corrected chi connectivity index (χ4v) is 5.07. The maximum Gasteiger partial charge on any atom is 0.317 e. The predicted octanol–water partition coefficient (Wildman–Crippen LogP) is 4.09. The molecule has 2 aromatic rings. The average molecular weight is 492 g/mol. The van der Waals surface area contributed by atoms with Crippen molar-refractivity contribution in [3.63, 3.8) is 0 Å². The molecular formula is C28H33N3O5. The van der Waals surface area contributed by atoms with Crippen molar-refractivity contribution in [3.8, 4) is 0 Å². The number of imide groups is 1. The number of urea groups is 1. The summed E-state index contributed by atoms with van der Waals surface area (Å²) in [5, 5.41) is 12.3. The summed E-state index contributed by atoms with van der Waals surface area (Å²) in [4.78, 5) is 52.8. The zero-order chi connectivity index (χ0) is 26.0. The van der Waals surface area contributed by atoms with Crippen molar-refractivity contribution in [1.82, 2.24) is 15.1 Å². The van der Waals surface area contributed by atoms with Crippen molar-refractivity contribution >= 4 is 23.8 Å². The predicted molar refractivity (Wildman–Crippen MR) is 135 cm³/mol. The van der Waals surface area contributed by atoms with Gasteiger partial charge in [0.15, 0.2) is 0 Å². The Bertz CT molecular complexity index is 1130. The normalized spacial score (nSPS) is 19.7. The van der Waals surface area contributed by atoms with Crippen LogP contribution in [0.5, 0.6) is 0 Å². The van der Waals surface area contributed by atoms with Gasteiger partial charge in [-0.15, -0.1) is 0 Å². The summed E-state index contributed by atoms with van der Waals surface area (Å²) >= 11 is 0. The molecule has 1 aliphatic heterocycles. The molecule has 0 saturated heterocycles. The lowest BCUT2D eigenvalue weighted by Gasteiger charge is -2.37. The van der Waals surface area contributed by atoms with Gasteiger partial charge in [0.05, 0.1) is 16.5 Å². The van der Waals surface area contributed by atoms with E-state index in [2.05, 4.69) is 5.32 Å². The summed E-state index contributed by atoms with van der Waals surface area (Å²) in [6.07, 6.45) is 3.21. The maximum absolute atomic E-state index is 12.8. The molecule has 1 aliphatic carbocycles. The minimum atomic E-state index is -0.837. The van der Waals surface area contributed by atoms with Gasteiger partial charge in [-0.2, -0.15) is 0 Å². The number of aliphatic carboxylic acids is 1. The molecule has 2 aromatic carbocycles. The van der Waals surface area contributed by atoms with Gasteiger partial charge < -0.3 is 15.3 Å². The highest BCUT2D eigenvalue weighted by molar-refractivity contribution is 6.21. The minimum Gasteiger partial charge on any atom is -0.481 e. The van der Waals surface area contributed by atoms with E-state index in [4.69, 9.17) is 0 Å². The Hall–Kier alpha value is -3.68. The Labute approximate surface area is 211 Å². The monoisotopic (exact) mass is 491 g/mol. The third kappa shape index (κ3) is 5.12. The average Bonchev–Trinajstić information content (AvgIpc) is 3.12. The van der Waals surface area contributed by atoms with Gasteiger partial charge in [0, 0.05) is 25.7 Å². The van der Waals surface area contributed by atoms with E-state index >= 15 is 0 Å². The first kappa shape index (κ1) is 25.4. The first-order valence-corrected chi connectivity index (χ1v) is 12.4. The van der Waals surface area contributed by atoms with Crippen LogP contribution in [0, 0.1) is 5.41 Å². The number of hydrogen-bond donors (Lipinski definition) is 2. The lowest BCUT2D eigenvalue weighted by atomic mass is 9.86. The van der Waals surface area contributed by atoms with Crippen molar-refractivity contribution in [2.75, 3.05) is 7.05 Å². The van der Waals surface area contributed by atoms with Crippen molar-refractivity contribution in [3.05, 3.63) is 70.8 Å². The van der Waals surface area contributed by atoms with E-state index in [1.54, 1.807) is 50.1 Å². The number of amides is 4. The van der Waals surface area contributed by atoms with Gasteiger partial charge in [0.25, 0.3) is 11.8 Å². The molecule has 2 aliphatic rings. The summed E-state index contributed by atoms with van der Waals surface area (Å²) < 4.78 is 0. The van der Waals surface area contributed by atoms with Crippen molar-refractivity contribution in [1.29, 1.82) is 0 Å². The topological polar surface area (TPSA) is 107 Å². The molecule has 0 radical (unpaired) electrons. The molecule has 4 rings (SSSR count). The second-order valence-corrected chi connectivity index (χ2v) is 10.4. The van der Waals surface area contributed by atoms with Crippen LogP contribution in [0.25, 0.3) is 0 Å². The lowest BCUT2D eigenvalue weighted by molar-refractivity contribution is -0.146. The fraction of sp³-hybridized carbons (Fsp3) is 0.429. The van der Waals surface area contributed by atoms with Gasteiger partial charge in [-0.05, 0) is 69.2 Å². The van der Waals surface area contributed by atoms with E-state index in [-0.39, 0.29) is 29.9 Å². The number of carboxylic acids is 1. The molecule has 0 atom stereocenters. The Morgan fingerprint density at radius 2 is 1.47 bits per heavy atom. The Balaban J connectivity index is 1.26. The number of rotatable bonds is 7. The third-order valence-electron chi connectivity index (χ3n) is 7.42. The van der Waals surface area contributed by atoms with E-state index in [0.717, 1.165) is 24.0 Å². The number of hydrogen-bond acceptors (Lipinski definition) is 4. The van der Waals surface area contributed by atoms with Crippen LogP contribution in [0.4, 0.5) is 4.79 Å². The van der Waals surface area contributed by atoms with E-state index in [1.165, 1.54) is 4.90 Å². The standard InChI is InChI=1S/C28H33N3O5/c1-28(2,26(34)35)16-18-8-10-19(11-9-18)17-29-27(36)30(3)20-12-14-21(15-13-20)31-24(32)22-6-4-5-7-23(22)25(31)33/h4-11,20-21H,12-17H2,1-3H3,(H,29,36)(H,34,35). The van der Waals surface area contributed by atoms with Crippen LogP contribution in [0.15, 0.2) is 48.5 Å². The molecule has 1 heterocycles. The number of nitrogens with one attached hydrogen (secondary N) is 1. The SMILES string of the molecule is CN(C(=O)NCc1ccc(CC(C)(C)C(=O)O)cc1)C1CCC(N2C(=O)c3ccccc3C2=O)CC1. The zero-order valence-corrected chi connectivity index (χ0v) is 21.0. The summed E-state index contributed by atoms with van der Waals surface area (Å²) in [6.45, 7) is 3.77. The second-order valence-electron chi connectivity index (χ2n) is 10.4. The summed E-state index contributed by atoms with van der Waals surface area (Å²) in [6, 6.07) is 14.3. The van der Waals surface area contributed by atoms with Crippen LogP contribution in [0.1, 0.15) is 71.4 Å². The largest absolute Gasteiger partial charge is 0.481 e. The number of carbonyl (C=O) groups excluding carboxylic acids is 3. The van der Waals surface area contributed by atoms with E-state index in [9.17, 15) is 24.3 Å². The molecule has 8 heteroatoms. The van der Waals surface area contributed by atoms with Crippen LogP contribution in [-0.2, 0) is 17.8 Å².